The fraction of sp³-hybridized carbons (Fsp3) is 0.409. The maximum absolute atomic E-state index is 14.8. The number of aliphatic carboxylic acids is 1. The molecule has 1 saturated heterocycles. The van der Waals surface area contributed by atoms with Crippen molar-refractivity contribution in [3.05, 3.63) is 62.9 Å². The lowest BCUT2D eigenvalue weighted by Gasteiger charge is -2.43. The average molecular weight is 471 g/mol. The van der Waals surface area contributed by atoms with Gasteiger partial charge in [-0.15, -0.1) is 0 Å². The fourth-order valence-electron chi connectivity index (χ4n) is 4.17. The van der Waals surface area contributed by atoms with Crippen LogP contribution in [0.2, 0.25) is 10.2 Å². The van der Waals surface area contributed by atoms with E-state index in [-0.39, 0.29) is 53.3 Å². The number of carbonyl (C=O) groups is 2. The van der Waals surface area contributed by atoms with E-state index in [4.69, 9.17) is 23.2 Å². The van der Waals surface area contributed by atoms with Gasteiger partial charge in [-0.05, 0) is 45.4 Å². The molecule has 0 amide bonds. The minimum atomic E-state index is -1.28. The summed E-state index contributed by atoms with van der Waals surface area (Å²) >= 11 is 11.8. The van der Waals surface area contributed by atoms with Crippen molar-refractivity contribution in [2.24, 2.45) is 5.41 Å². The number of pyridine rings is 1. The molecule has 166 valence electrons. The highest BCUT2D eigenvalue weighted by atomic mass is 35.5. The zero-order chi connectivity index (χ0) is 22.9. The van der Waals surface area contributed by atoms with Gasteiger partial charge in [-0.25, -0.2) is 13.8 Å². The van der Waals surface area contributed by atoms with Crippen LogP contribution in [0.1, 0.15) is 48.3 Å². The molecule has 0 radical (unpaired) electrons. The molecule has 1 N–H and O–H groups in total. The summed E-state index contributed by atoms with van der Waals surface area (Å²) < 4.78 is 29.1. The Labute approximate surface area is 189 Å². The molecule has 0 spiro atoms. The predicted octanol–water partition coefficient (Wildman–Crippen LogP) is 5.17. The van der Waals surface area contributed by atoms with Gasteiger partial charge < -0.3 is 5.11 Å². The number of benzene rings is 1. The molecule has 0 saturated carbocycles. The highest BCUT2D eigenvalue weighted by Gasteiger charge is 2.45. The number of hydrogen-bond acceptors (Lipinski definition) is 4. The molecule has 2 heterocycles. The van der Waals surface area contributed by atoms with E-state index in [1.807, 2.05) is 11.8 Å². The predicted molar refractivity (Wildman–Crippen MR) is 113 cm³/mol. The lowest BCUT2D eigenvalue weighted by Crippen LogP contribution is -2.50. The minimum absolute atomic E-state index is 0.0332. The Morgan fingerprint density at radius 3 is 2.61 bits per heavy atom. The van der Waals surface area contributed by atoms with Crippen LogP contribution >= 0.6 is 23.2 Å². The van der Waals surface area contributed by atoms with Crippen LogP contribution < -0.4 is 0 Å². The number of carboxylic acids is 1. The molecule has 1 aromatic carbocycles. The monoisotopic (exact) mass is 470 g/mol. The summed E-state index contributed by atoms with van der Waals surface area (Å²) in [6.45, 7) is 3.70. The number of aromatic nitrogens is 1. The number of piperidine rings is 1. The van der Waals surface area contributed by atoms with Crippen molar-refractivity contribution in [3.63, 3.8) is 0 Å². The Kier molecular flexibility index (Phi) is 6.98. The zero-order valence-corrected chi connectivity index (χ0v) is 18.6. The number of hydrogen-bond donors (Lipinski definition) is 1. The molecule has 2 atom stereocenters. The number of Topliss-reactive ketones (excluding diaryl/α,β-unsaturated/α-hetero) is 1. The van der Waals surface area contributed by atoms with E-state index in [0.29, 0.717) is 12.1 Å². The Hall–Kier alpha value is -2.09. The molecule has 0 bridgehead atoms. The first kappa shape index (κ1) is 23.6. The molecule has 0 aliphatic carbocycles. The van der Waals surface area contributed by atoms with Crippen molar-refractivity contribution in [1.29, 1.82) is 0 Å². The van der Waals surface area contributed by atoms with E-state index >= 15 is 0 Å². The summed E-state index contributed by atoms with van der Waals surface area (Å²) in [6.07, 6.45) is 0.212. The number of carbonyl (C=O) groups excluding carboxylic acids is 1. The number of halogens is 4. The lowest BCUT2D eigenvalue weighted by molar-refractivity contribution is -0.153. The smallest absolute Gasteiger partial charge is 0.310 e. The molecule has 1 aromatic heterocycles. The van der Waals surface area contributed by atoms with Gasteiger partial charge in [0.05, 0.1) is 21.7 Å². The third-order valence-corrected chi connectivity index (χ3v) is 6.41. The second kappa shape index (κ2) is 9.18. The van der Waals surface area contributed by atoms with Crippen LogP contribution in [0.4, 0.5) is 8.78 Å². The molecule has 5 nitrogen and oxygen atoms in total. The van der Waals surface area contributed by atoms with Crippen molar-refractivity contribution in [2.75, 3.05) is 6.54 Å². The summed E-state index contributed by atoms with van der Waals surface area (Å²) in [7, 11) is 0. The van der Waals surface area contributed by atoms with Gasteiger partial charge in [0.25, 0.3) is 0 Å². The quantitative estimate of drug-likeness (QED) is 0.465. The van der Waals surface area contributed by atoms with Crippen LogP contribution in [0.25, 0.3) is 0 Å². The molecule has 1 aliphatic heterocycles. The molecule has 31 heavy (non-hydrogen) atoms. The van der Waals surface area contributed by atoms with E-state index in [9.17, 15) is 23.5 Å². The Balaban J connectivity index is 1.85. The molecular formula is C22H22Cl2F2N2O3. The van der Waals surface area contributed by atoms with E-state index < -0.39 is 28.8 Å². The third kappa shape index (κ3) is 4.89. The van der Waals surface area contributed by atoms with E-state index in [1.54, 1.807) is 12.1 Å². The van der Waals surface area contributed by atoms with Gasteiger partial charge in [-0.3, -0.25) is 14.5 Å². The van der Waals surface area contributed by atoms with Gasteiger partial charge in [0.15, 0.2) is 11.6 Å². The van der Waals surface area contributed by atoms with Gasteiger partial charge >= 0.3 is 5.97 Å². The molecular weight excluding hydrogens is 449 g/mol. The SMILES string of the molecule is CC(=O)c1cc(Cl)nc(C[C@@]2(C(=O)O)CCN(Cc3cccc(Cl)c3F)[C@H](C)C2)c1F. The van der Waals surface area contributed by atoms with E-state index in [2.05, 4.69) is 4.98 Å². The van der Waals surface area contributed by atoms with Gasteiger partial charge in [-0.2, -0.15) is 0 Å². The first-order chi connectivity index (χ1) is 14.5. The highest BCUT2D eigenvalue weighted by molar-refractivity contribution is 6.30. The largest absolute Gasteiger partial charge is 0.481 e. The lowest BCUT2D eigenvalue weighted by atomic mass is 9.72. The number of rotatable bonds is 6. The summed E-state index contributed by atoms with van der Waals surface area (Å²) in [4.78, 5) is 29.9. The first-order valence-electron chi connectivity index (χ1n) is 9.80. The molecule has 1 aliphatic rings. The van der Waals surface area contributed by atoms with Crippen LogP contribution in [0.3, 0.4) is 0 Å². The molecule has 0 unspecified atom stereocenters. The summed E-state index contributed by atoms with van der Waals surface area (Å²) in [5, 5.41) is 9.98. The maximum Gasteiger partial charge on any atom is 0.310 e. The van der Waals surface area contributed by atoms with E-state index in [1.165, 1.54) is 13.0 Å². The summed E-state index contributed by atoms with van der Waals surface area (Å²) in [5.41, 5.74) is -1.20. The van der Waals surface area contributed by atoms with Gasteiger partial charge in [0.1, 0.15) is 11.0 Å². The van der Waals surface area contributed by atoms with Crippen LogP contribution in [-0.2, 0) is 17.8 Å². The third-order valence-electron chi connectivity index (χ3n) is 5.93. The standard InChI is InChI=1S/C22H22Cl2F2N2O3/c1-12-9-22(21(30)31,10-17-20(26)15(13(2)29)8-18(24)27-17)6-7-28(12)11-14-4-3-5-16(23)19(14)25/h3-5,8,12H,6-7,9-11H2,1-2H3,(H,30,31)/t12-,22-/m1/s1. The van der Waals surface area contributed by atoms with Crippen molar-refractivity contribution in [1.82, 2.24) is 9.88 Å². The number of nitrogens with zero attached hydrogens (tertiary/aromatic N) is 2. The Bertz CT molecular complexity index is 1030. The summed E-state index contributed by atoms with van der Waals surface area (Å²) in [6, 6.07) is 5.69. The van der Waals surface area contributed by atoms with Crippen molar-refractivity contribution in [3.8, 4) is 0 Å². The Morgan fingerprint density at radius 1 is 1.29 bits per heavy atom. The molecule has 1 fully saturated rings. The summed E-state index contributed by atoms with van der Waals surface area (Å²) in [5.74, 6) is -2.92. The second-order valence-corrected chi connectivity index (χ2v) is 8.85. The number of carboxylic acid groups (broad SMARTS) is 1. The molecule has 3 rings (SSSR count). The second-order valence-electron chi connectivity index (χ2n) is 8.06. The van der Waals surface area contributed by atoms with Crippen molar-refractivity contribution in [2.45, 2.75) is 45.7 Å². The van der Waals surface area contributed by atoms with Crippen molar-refractivity contribution >= 4 is 35.0 Å². The van der Waals surface area contributed by atoms with Gasteiger partial charge in [-0.1, -0.05) is 35.3 Å². The van der Waals surface area contributed by atoms with Crippen LogP contribution in [0.5, 0.6) is 0 Å². The van der Waals surface area contributed by atoms with Gasteiger partial charge in [0, 0.05) is 24.6 Å². The van der Waals surface area contributed by atoms with Crippen LogP contribution in [-0.4, -0.2) is 39.3 Å². The zero-order valence-electron chi connectivity index (χ0n) is 17.1. The minimum Gasteiger partial charge on any atom is -0.481 e. The maximum atomic E-state index is 14.8. The fourth-order valence-corrected chi connectivity index (χ4v) is 4.58. The van der Waals surface area contributed by atoms with E-state index in [0.717, 1.165) is 6.07 Å². The molecule has 2 aromatic rings. The first-order valence-corrected chi connectivity index (χ1v) is 10.6. The average Bonchev–Trinajstić information content (AvgIpc) is 2.69. The van der Waals surface area contributed by atoms with Crippen LogP contribution in [0.15, 0.2) is 24.3 Å². The number of likely N-dealkylation sites (tertiary alicyclic amines) is 1. The van der Waals surface area contributed by atoms with Crippen molar-refractivity contribution < 1.29 is 23.5 Å². The Morgan fingerprint density at radius 2 is 2.00 bits per heavy atom. The van der Waals surface area contributed by atoms with Gasteiger partial charge in [0.2, 0.25) is 0 Å². The topological polar surface area (TPSA) is 70.5 Å². The molecule has 9 heteroatoms. The highest BCUT2D eigenvalue weighted by Crippen LogP contribution is 2.40. The normalized spacial score (nSPS) is 21.8. The number of ketones is 1. The van der Waals surface area contributed by atoms with Crippen LogP contribution in [0, 0.1) is 17.0 Å².